The van der Waals surface area contributed by atoms with Crippen molar-refractivity contribution in [3.05, 3.63) is 45.9 Å². The molecule has 0 saturated carbocycles. The summed E-state index contributed by atoms with van der Waals surface area (Å²) in [4.78, 5) is 23.9. The highest BCUT2D eigenvalue weighted by molar-refractivity contribution is 7.13. The minimum absolute atomic E-state index is 0.0625. The third kappa shape index (κ3) is 5.50. The van der Waals surface area contributed by atoms with Crippen LogP contribution in [0.25, 0.3) is 0 Å². The Balaban J connectivity index is 1.51. The lowest BCUT2D eigenvalue weighted by Gasteiger charge is -2.20. The lowest BCUT2D eigenvalue weighted by molar-refractivity contribution is 0.0531. The van der Waals surface area contributed by atoms with Crippen LogP contribution in [0.1, 0.15) is 46.7 Å². The minimum Gasteiger partial charge on any atom is -0.462 e. The number of hydrogen-bond donors (Lipinski definition) is 2. The first kappa shape index (κ1) is 22.1. The molecule has 1 aliphatic rings. The van der Waals surface area contributed by atoms with Gasteiger partial charge in [-0.05, 0) is 45.2 Å². The van der Waals surface area contributed by atoms with Gasteiger partial charge in [0.1, 0.15) is 9.88 Å². The van der Waals surface area contributed by atoms with Gasteiger partial charge in [0, 0.05) is 32.4 Å². The van der Waals surface area contributed by atoms with Crippen LogP contribution in [0.2, 0.25) is 0 Å². The maximum absolute atomic E-state index is 12.0. The number of nitrogens with one attached hydrogen (secondary N) is 2. The number of benzene rings is 1. The van der Waals surface area contributed by atoms with Crippen molar-refractivity contribution < 1.29 is 9.53 Å². The highest BCUT2D eigenvalue weighted by atomic mass is 32.1. The SMILES string of the molecule is CCOC(=O)c1sc(C(C)NC(=NC)NCC2CCN(c3ccccc3)C2)nc1C. The molecular weight excluding hydrogens is 398 g/mol. The maximum atomic E-state index is 12.0. The molecule has 2 N–H and O–H groups in total. The monoisotopic (exact) mass is 429 g/mol. The first-order valence-corrected chi connectivity index (χ1v) is 11.2. The molecular formula is C22H31N5O2S. The molecule has 1 aliphatic heterocycles. The van der Waals surface area contributed by atoms with Crippen LogP contribution in [0.5, 0.6) is 0 Å². The van der Waals surface area contributed by atoms with Gasteiger partial charge < -0.3 is 20.3 Å². The van der Waals surface area contributed by atoms with Gasteiger partial charge in [0.25, 0.3) is 0 Å². The second kappa shape index (κ2) is 10.4. The molecule has 2 heterocycles. The number of carbonyl (C=O) groups excluding carboxylic acids is 1. The zero-order valence-corrected chi connectivity index (χ0v) is 19.0. The van der Waals surface area contributed by atoms with Gasteiger partial charge in [-0.2, -0.15) is 0 Å². The van der Waals surface area contributed by atoms with E-state index in [2.05, 4.69) is 55.8 Å². The Morgan fingerprint density at radius 1 is 1.40 bits per heavy atom. The normalized spacial score (nSPS) is 17.7. The predicted molar refractivity (Wildman–Crippen MR) is 122 cm³/mol. The van der Waals surface area contributed by atoms with E-state index in [1.807, 2.05) is 13.8 Å². The number of nitrogens with zero attached hydrogens (tertiary/aromatic N) is 3. The van der Waals surface area contributed by atoms with E-state index >= 15 is 0 Å². The van der Waals surface area contributed by atoms with Gasteiger partial charge in [-0.25, -0.2) is 9.78 Å². The topological polar surface area (TPSA) is 78.8 Å². The van der Waals surface area contributed by atoms with Gasteiger partial charge in [-0.3, -0.25) is 4.99 Å². The van der Waals surface area contributed by atoms with E-state index in [1.165, 1.54) is 17.0 Å². The molecule has 8 heteroatoms. The molecule has 162 valence electrons. The number of aryl methyl sites for hydroxylation is 1. The van der Waals surface area contributed by atoms with Gasteiger partial charge in [0.05, 0.1) is 18.3 Å². The predicted octanol–water partition coefficient (Wildman–Crippen LogP) is 3.38. The van der Waals surface area contributed by atoms with Crippen LogP contribution in [0.3, 0.4) is 0 Å². The fourth-order valence-electron chi connectivity index (χ4n) is 3.56. The average molecular weight is 430 g/mol. The van der Waals surface area contributed by atoms with Crippen molar-refractivity contribution in [2.45, 2.75) is 33.2 Å². The Hall–Kier alpha value is -2.61. The summed E-state index contributed by atoms with van der Waals surface area (Å²) < 4.78 is 5.11. The summed E-state index contributed by atoms with van der Waals surface area (Å²) in [5.41, 5.74) is 1.99. The van der Waals surface area contributed by atoms with Crippen molar-refractivity contribution in [2.75, 3.05) is 38.2 Å². The molecule has 3 rings (SSSR count). The number of hydrogen-bond acceptors (Lipinski definition) is 6. The molecule has 2 atom stereocenters. The minimum atomic E-state index is -0.308. The number of ether oxygens (including phenoxy) is 1. The van der Waals surface area contributed by atoms with Crippen molar-refractivity contribution in [2.24, 2.45) is 10.9 Å². The molecule has 0 aliphatic carbocycles. The lowest BCUT2D eigenvalue weighted by Crippen LogP contribution is -2.41. The standard InChI is InChI=1S/C22H31N5O2S/c1-5-29-21(28)19-15(2)25-20(30-19)16(3)26-22(23-4)24-13-17-11-12-27(14-17)18-9-7-6-8-10-18/h6-10,16-17H,5,11-14H2,1-4H3,(H2,23,24,26). The number of esters is 1. The Bertz CT molecular complexity index is 868. The van der Waals surface area contributed by atoms with Crippen molar-refractivity contribution in [1.82, 2.24) is 15.6 Å². The first-order chi connectivity index (χ1) is 14.5. The number of anilines is 1. The summed E-state index contributed by atoms with van der Waals surface area (Å²) in [7, 11) is 1.77. The van der Waals surface area contributed by atoms with E-state index in [0.717, 1.165) is 37.0 Å². The van der Waals surface area contributed by atoms with Crippen molar-refractivity contribution in [3.63, 3.8) is 0 Å². The van der Waals surface area contributed by atoms with Crippen LogP contribution in [-0.4, -0.2) is 50.2 Å². The van der Waals surface area contributed by atoms with Crippen LogP contribution >= 0.6 is 11.3 Å². The lowest BCUT2D eigenvalue weighted by atomic mass is 10.1. The van der Waals surface area contributed by atoms with E-state index in [4.69, 9.17) is 4.74 Å². The Kier molecular flexibility index (Phi) is 7.68. The van der Waals surface area contributed by atoms with Crippen molar-refractivity contribution in [3.8, 4) is 0 Å². The Morgan fingerprint density at radius 2 is 2.17 bits per heavy atom. The molecule has 2 aromatic rings. The molecule has 1 aromatic heterocycles. The van der Waals surface area contributed by atoms with Gasteiger partial charge in [0.15, 0.2) is 5.96 Å². The molecule has 1 aromatic carbocycles. The van der Waals surface area contributed by atoms with Gasteiger partial charge in [-0.1, -0.05) is 18.2 Å². The molecule has 1 saturated heterocycles. The van der Waals surface area contributed by atoms with Gasteiger partial charge in [-0.15, -0.1) is 11.3 Å². The van der Waals surface area contributed by atoms with E-state index in [9.17, 15) is 4.79 Å². The molecule has 2 unspecified atom stereocenters. The number of thiazole rings is 1. The third-order valence-corrected chi connectivity index (χ3v) is 6.51. The summed E-state index contributed by atoms with van der Waals surface area (Å²) in [6, 6.07) is 10.5. The number of para-hydroxylation sites is 1. The second-order valence-corrected chi connectivity index (χ2v) is 8.47. The Morgan fingerprint density at radius 3 is 2.87 bits per heavy atom. The number of aromatic nitrogens is 1. The van der Waals surface area contributed by atoms with E-state index < -0.39 is 0 Å². The van der Waals surface area contributed by atoms with Crippen molar-refractivity contribution >= 4 is 29.0 Å². The molecule has 0 bridgehead atoms. The van der Waals surface area contributed by atoms with Crippen LogP contribution in [0.4, 0.5) is 5.69 Å². The average Bonchev–Trinajstić information content (AvgIpc) is 3.38. The molecule has 30 heavy (non-hydrogen) atoms. The number of guanidine groups is 1. The zero-order valence-electron chi connectivity index (χ0n) is 18.1. The Labute approximate surface area is 182 Å². The highest BCUT2D eigenvalue weighted by Gasteiger charge is 2.23. The number of carbonyl (C=O) groups is 1. The summed E-state index contributed by atoms with van der Waals surface area (Å²) in [6.45, 7) is 9.00. The summed E-state index contributed by atoms with van der Waals surface area (Å²) in [6.07, 6.45) is 1.16. The van der Waals surface area contributed by atoms with Crippen LogP contribution in [0.15, 0.2) is 35.3 Å². The second-order valence-electron chi connectivity index (χ2n) is 7.44. The largest absolute Gasteiger partial charge is 0.462 e. The molecule has 1 fully saturated rings. The third-order valence-electron chi connectivity index (χ3n) is 5.19. The quantitative estimate of drug-likeness (QED) is 0.399. The summed E-state index contributed by atoms with van der Waals surface area (Å²) in [5, 5.41) is 7.67. The summed E-state index contributed by atoms with van der Waals surface area (Å²) in [5.74, 6) is 1.00. The first-order valence-electron chi connectivity index (χ1n) is 10.4. The van der Waals surface area contributed by atoms with E-state index in [1.54, 1.807) is 14.0 Å². The fraction of sp³-hybridized carbons (Fsp3) is 0.500. The number of aliphatic imine (C=N–C) groups is 1. The molecule has 7 nitrogen and oxygen atoms in total. The maximum Gasteiger partial charge on any atom is 0.350 e. The molecule has 0 radical (unpaired) electrons. The molecule has 0 amide bonds. The van der Waals surface area contributed by atoms with Gasteiger partial charge >= 0.3 is 5.97 Å². The van der Waals surface area contributed by atoms with E-state index in [0.29, 0.717) is 23.1 Å². The van der Waals surface area contributed by atoms with Crippen molar-refractivity contribution in [1.29, 1.82) is 0 Å². The fourth-order valence-corrected chi connectivity index (χ4v) is 4.53. The van der Waals surface area contributed by atoms with Crippen LogP contribution in [0, 0.1) is 12.8 Å². The van der Waals surface area contributed by atoms with Crippen LogP contribution < -0.4 is 15.5 Å². The summed E-state index contributed by atoms with van der Waals surface area (Å²) >= 11 is 1.37. The molecule has 0 spiro atoms. The van der Waals surface area contributed by atoms with E-state index in [-0.39, 0.29) is 12.0 Å². The van der Waals surface area contributed by atoms with Crippen LogP contribution in [-0.2, 0) is 4.74 Å². The zero-order chi connectivity index (χ0) is 21.5. The highest BCUT2D eigenvalue weighted by Crippen LogP contribution is 2.25. The van der Waals surface area contributed by atoms with Gasteiger partial charge in [0.2, 0.25) is 0 Å². The number of rotatable bonds is 7. The smallest absolute Gasteiger partial charge is 0.350 e.